The van der Waals surface area contributed by atoms with Gasteiger partial charge in [-0.1, -0.05) is 41.9 Å². The molecule has 2 amide bonds. The maximum absolute atomic E-state index is 13.5. The molecule has 0 aliphatic carbocycles. The predicted octanol–water partition coefficient (Wildman–Crippen LogP) is 3.13. The molecule has 6 nitrogen and oxygen atoms in total. The summed E-state index contributed by atoms with van der Waals surface area (Å²) in [5.41, 5.74) is 7.30. The van der Waals surface area contributed by atoms with E-state index in [1.807, 2.05) is 30.3 Å². The second-order valence-electron chi connectivity index (χ2n) is 7.11. The van der Waals surface area contributed by atoms with Crippen LogP contribution in [0.15, 0.2) is 66.9 Å². The molecule has 2 N–H and O–H groups in total. The Bertz CT molecular complexity index is 1130. The molecule has 1 atom stereocenters. The van der Waals surface area contributed by atoms with Crippen LogP contribution in [-0.4, -0.2) is 39.7 Å². The second-order valence-corrected chi connectivity index (χ2v) is 7.55. The molecule has 1 aromatic heterocycles. The molecule has 0 radical (unpaired) electrons. The molecule has 7 heteroatoms. The van der Waals surface area contributed by atoms with Gasteiger partial charge in [0.25, 0.3) is 11.8 Å². The Morgan fingerprint density at radius 1 is 1.03 bits per heavy atom. The van der Waals surface area contributed by atoms with E-state index in [0.29, 0.717) is 35.1 Å². The number of fused-ring (bicyclic) bond motifs is 3. The largest absolute Gasteiger partial charge is 0.384 e. The number of hydrogen-bond acceptors (Lipinski definition) is 4. The lowest BCUT2D eigenvalue weighted by atomic mass is 9.89. The summed E-state index contributed by atoms with van der Waals surface area (Å²) in [4.78, 5) is 34.3. The Balaban J connectivity index is 1.74. The number of carbonyl (C=O) groups excluding carboxylic acids is 2. The summed E-state index contributed by atoms with van der Waals surface area (Å²) < 4.78 is 0. The highest BCUT2D eigenvalue weighted by Gasteiger charge is 2.59. The van der Waals surface area contributed by atoms with Gasteiger partial charge in [0.15, 0.2) is 5.66 Å². The van der Waals surface area contributed by atoms with Crippen molar-refractivity contribution in [1.82, 2.24) is 14.8 Å². The summed E-state index contributed by atoms with van der Waals surface area (Å²) in [5, 5.41) is 0.591. The lowest BCUT2D eigenvalue weighted by Gasteiger charge is -2.40. The van der Waals surface area contributed by atoms with Gasteiger partial charge < -0.3 is 15.5 Å². The van der Waals surface area contributed by atoms with Crippen LogP contribution < -0.4 is 5.73 Å². The van der Waals surface area contributed by atoms with E-state index >= 15 is 0 Å². The summed E-state index contributed by atoms with van der Waals surface area (Å²) in [6, 6.07) is 18.0. The van der Waals surface area contributed by atoms with Gasteiger partial charge in [-0.3, -0.25) is 9.59 Å². The first-order valence-electron chi connectivity index (χ1n) is 9.24. The molecule has 3 aromatic rings. The van der Waals surface area contributed by atoms with Crippen LogP contribution in [0.4, 0.5) is 5.82 Å². The minimum atomic E-state index is -1.02. The standard InChI is InChI=1S/C22H17ClN4O2/c23-16-8-6-15(7-9-16)22-18-4-2-1-3-17(18)21(29)27(22)12-11-26(22)20(28)14-5-10-19(24)25-13-14/h1-10,13H,11-12H2,(H2,24,25). The zero-order valence-electron chi connectivity index (χ0n) is 15.4. The van der Waals surface area contributed by atoms with E-state index in [1.54, 1.807) is 40.1 Å². The Kier molecular flexibility index (Phi) is 3.86. The molecule has 1 unspecified atom stereocenters. The van der Waals surface area contributed by atoms with Crippen molar-refractivity contribution in [2.45, 2.75) is 5.66 Å². The van der Waals surface area contributed by atoms with Crippen LogP contribution >= 0.6 is 11.6 Å². The Morgan fingerprint density at radius 3 is 2.52 bits per heavy atom. The lowest BCUT2D eigenvalue weighted by Crippen LogP contribution is -2.51. The van der Waals surface area contributed by atoms with Crippen LogP contribution in [0.3, 0.4) is 0 Å². The molecule has 2 aromatic carbocycles. The van der Waals surface area contributed by atoms with Crippen LogP contribution in [0.25, 0.3) is 0 Å². The topological polar surface area (TPSA) is 79.5 Å². The van der Waals surface area contributed by atoms with Crippen LogP contribution in [0.1, 0.15) is 31.8 Å². The molecule has 0 spiro atoms. The van der Waals surface area contributed by atoms with Gasteiger partial charge in [-0.25, -0.2) is 4.98 Å². The second kappa shape index (κ2) is 6.32. The van der Waals surface area contributed by atoms with E-state index < -0.39 is 5.66 Å². The summed E-state index contributed by atoms with van der Waals surface area (Å²) in [6.45, 7) is 0.843. The van der Waals surface area contributed by atoms with Gasteiger partial charge in [0.05, 0.1) is 5.56 Å². The Hall–Kier alpha value is -3.38. The highest BCUT2D eigenvalue weighted by atomic mass is 35.5. The van der Waals surface area contributed by atoms with Gasteiger partial charge in [-0.2, -0.15) is 0 Å². The van der Waals surface area contributed by atoms with Gasteiger partial charge in [-0.05, 0) is 30.3 Å². The first-order valence-corrected chi connectivity index (χ1v) is 9.62. The molecule has 1 saturated heterocycles. The molecule has 144 valence electrons. The van der Waals surface area contributed by atoms with Crippen molar-refractivity contribution in [2.24, 2.45) is 0 Å². The fourth-order valence-corrected chi connectivity index (χ4v) is 4.54. The number of carbonyl (C=O) groups is 2. The first-order chi connectivity index (χ1) is 14.0. The van der Waals surface area contributed by atoms with Gasteiger partial charge in [-0.15, -0.1) is 0 Å². The van der Waals surface area contributed by atoms with Crippen molar-refractivity contribution in [2.75, 3.05) is 18.8 Å². The average Bonchev–Trinajstić information content (AvgIpc) is 3.25. The Morgan fingerprint density at radius 2 is 1.79 bits per heavy atom. The zero-order valence-corrected chi connectivity index (χ0v) is 16.1. The average molecular weight is 405 g/mol. The van der Waals surface area contributed by atoms with E-state index in [2.05, 4.69) is 4.98 Å². The minimum absolute atomic E-state index is 0.0821. The van der Waals surface area contributed by atoms with Crippen molar-refractivity contribution in [3.63, 3.8) is 0 Å². The lowest BCUT2D eigenvalue weighted by molar-refractivity contribution is 0.0375. The van der Waals surface area contributed by atoms with Crippen molar-refractivity contribution in [3.05, 3.63) is 94.1 Å². The number of nitrogen functional groups attached to an aromatic ring is 1. The molecule has 0 saturated carbocycles. The number of halogens is 1. The quantitative estimate of drug-likeness (QED) is 0.711. The summed E-state index contributed by atoms with van der Waals surface area (Å²) in [7, 11) is 0. The number of hydrogen-bond donors (Lipinski definition) is 1. The SMILES string of the molecule is Nc1ccc(C(=O)N2CCN3C(=O)c4ccccc4C23c2ccc(Cl)cc2)cn1. The van der Waals surface area contributed by atoms with Crippen LogP contribution in [0, 0.1) is 0 Å². The number of nitrogens with zero attached hydrogens (tertiary/aromatic N) is 3. The predicted molar refractivity (Wildman–Crippen MR) is 109 cm³/mol. The van der Waals surface area contributed by atoms with Gasteiger partial charge in [0.2, 0.25) is 0 Å². The van der Waals surface area contributed by atoms with Crippen LogP contribution in [0.5, 0.6) is 0 Å². The third-order valence-corrected chi connectivity index (χ3v) is 5.88. The first kappa shape index (κ1) is 17.7. The molecule has 5 rings (SSSR count). The molecule has 3 heterocycles. The monoisotopic (exact) mass is 404 g/mol. The molecule has 29 heavy (non-hydrogen) atoms. The summed E-state index contributed by atoms with van der Waals surface area (Å²) in [5.74, 6) is 0.0548. The molecule has 0 bridgehead atoms. The fourth-order valence-electron chi connectivity index (χ4n) is 4.41. The summed E-state index contributed by atoms with van der Waals surface area (Å²) >= 11 is 6.12. The summed E-state index contributed by atoms with van der Waals surface area (Å²) in [6.07, 6.45) is 1.47. The number of benzene rings is 2. The zero-order chi connectivity index (χ0) is 20.2. The van der Waals surface area contributed by atoms with Crippen molar-refractivity contribution in [3.8, 4) is 0 Å². The van der Waals surface area contributed by atoms with Crippen molar-refractivity contribution < 1.29 is 9.59 Å². The van der Waals surface area contributed by atoms with Crippen molar-refractivity contribution in [1.29, 1.82) is 0 Å². The molecular weight excluding hydrogens is 388 g/mol. The molecular formula is C22H17ClN4O2. The van der Waals surface area contributed by atoms with E-state index in [9.17, 15) is 9.59 Å². The number of rotatable bonds is 2. The van der Waals surface area contributed by atoms with E-state index in [-0.39, 0.29) is 11.8 Å². The number of amides is 2. The fraction of sp³-hybridized carbons (Fsp3) is 0.136. The highest BCUT2D eigenvalue weighted by Crippen LogP contribution is 2.50. The maximum atomic E-state index is 13.5. The van der Waals surface area contributed by atoms with Crippen molar-refractivity contribution >= 4 is 29.2 Å². The van der Waals surface area contributed by atoms with Gasteiger partial charge >= 0.3 is 0 Å². The Labute approximate surface area is 172 Å². The molecule has 2 aliphatic rings. The molecule has 1 fully saturated rings. The number of pyridine rings is 1. The smallest absolute Gasteiger partial charge is 0.257 e. The van der Waals surface area contributed by atoms with Crippen LogP contribution in [0.2, 0.25) is 5.02 Å². The minimum Gasteiger partial charge on any atom is -0.384 e. The third-order valence-electron chi connectivity index (χ3n) is 5.63. The van der Waals surface area contributed by atoms with E-state index in [1.165, 1.54) is 6.20 Å². The third kappa shape index (κ3) is 2.39. The van der Waals surface area contributed by atoms with E-state index in [4.69, 9.17) is 17.3 Å². The maximum Gasteiger partial charge on any atom is 0.257 e. The van der Waals surface area contributed by atoms with E-state index in [0.717, 1.165) is 11.1 Å². The normalized spacial score (nSPS) is 20.0. The highest BCUT2D eigenvalue weighted by molar-refractivity contribution is 6.30. The number of nitrogens with two attached hydrogens (primary N) is 1. The number of aromatic nitrogens is 1. The molecule has 2 aliphatic heterocycles. The van der Waals surface area contributed by atoms with Gasteiger partial charge in [0.1, 0.15) is 5.82 Å². The van der Waals surface area contributed by atoms with Gasteiger partial charge in [0, 0.05) is 41.0 Å². The number of anilines is 1. The van der Waals surface area contributed by atoms with Crippen LogP contribution in [-0.2, 0) is 5.66 Å².